The summed E-state index contributed by atoms with van der Waals surface area (Å²) in [5.74, 6) is -0.950. The van der Waals surface area contributed by atoms with Crippen LogP contribution >= 0.6 is 0 Å². The first-order chi connectivity index (χ1) is 11.6. The number of rotatable bonds is 5. The number of benzene rings is 2. The van der Waals surface area contributed by atoms with Gasteiger partial charge in [0.15, 0.2) is 15.9 Å². The minimum absolute atomic E-state index is 0.114. The van der Waals surface area contributed by atoms with Crippen LogP contribution in [0, 0.1) is 13.8 Å². The Morgan fingerprint density at radius 1 is 1.00 bits per heavy atom. The van der Waals surface area contributed by atoms with Crippen molar-refractivity contribution >= 4 is 21.6 Å². The normalized spacial score (nSPS) is 12.5. The van der Waals surface area contributed by atoms with Gasteiger partial charge in [0.05, 0.1) is 10.5 Å². The molecule has 0 heterocycles. The number of carbonyl (C=O) groups is 2. The fourth-order valence-electron chi connectivity index (χ4n) is 2.34. The Kier molecular flexibility index (Phi) is 5.42. The molecule has 0 aromatic heterocycles. The third kappa shape index (κ3) is 4.54. The maximum absolute atomic E-state index is 12.5. The summed E-state index contributed by atoms with van der Waals surface area (Å²) < 4.78 is 28.1. The lowest BCUT2D eigenvalue weighted by molar-refractivity contribution is 0.0318. The van der Waals surface area contributed by atoms with Crippen molar-refractivity contribution in [1.82, 2.24) is 0 Å². The van der Waals surface area contributed by atoms with E-state index in [1.807, 2.05) is 26.0 Å². The molecular weight excluding hydrogens is 340 g/mol. The minimum atomic E-state index is -3.33. The summed E-state index contributed by atoms with van der Waals surface area (Å²) in [7, 11) is -3.33. The Labute approximate surface area is 147 Å². The Morgan fingerprint density at radius 2 is 1.60 bits per heavy atom. The molecule has 0 spiro atoms. The number of esters is 1. The summed E-state index contributed by atoms with van der Waals surface area (Å²) in [6, 6.07) is 10.9. The standard InChI is InChI=1S/C19H20O5S/c1-12-5-6-13(2)17(11-12)18(20)14(3)24-19(21)15-7-9-16(10-8-15)25(4,22)23/h5-11,14H,1-4H3/t14-/m1/s1. The number of ether oxygens (including phenoxy) is 1. The average molecular weight is 360 g/mol. The third-order valence-corrected chi connectivity index (χ3v) is 4.96. The first kappa shape index (κ1) is 18.9. The van der Waals surface area contributed by atoms with Crippen LogP contribution in [0.2, 0.25) is 0 Å². The zero-order valence-corrected chi connectivity index (χ0v) is 15.4. The van der Waals surface area contributed by atoms with Gasteiger partial charge in [0.25, 0.3) is 0 Å². The van der Waals surface area contributed by atoms with Crippen molar-refractivity contribution < 1.29 is 22.7 Å². The van der Waals surface area contributed by atoms with Gasteiger partial charge in [0.1, 0.15) is 0 Å². The topological polar surface area (TPSA) is 77.5 Å². The third-order valence-electron chi connectivity index (χ3n) is 3.83. The molecule has 0 aliphatic heterocycles. The van der Waals surface area contributed by atoms with Crippen LogP contribution in [0.25, 0.3) is 0 Å². The molecule has 0 N–H and O–H groups in total. The molecule has 6 heteroatoms. The molecule has 0 saturated heterocycles. The number of hydrogen-bond donors (Lipinski definition) is 0. The van der Waals surface area contributed by atoms with Crippen molar-refractivity contribution in [2.45, 2.75) is 31.8 Å². The summed E-state index contributed by atoms with van der Waals surface area (Å²) >= 11 is 0. The smallest absolute Gasteiger partial charge is 0.338 e. The van der Waals surface area contributed by atoms with Gasteiger partial charge in [-0.3, -0.25) is 4.79 Å². The molecule has 5 nitrogen and oxygen atoms in total. The van der Waals surface area contributed by atoms with Crippen LogP contribution in [0.4, 0.5) is 0 Å². The number of carbonyl (C=O) groups excluding carboxylic acids is 2. The van der Waals surface area contributed by atoms with E-state index in [0.717, 1.165) is 17.4 Å². The van der Waals surface area contributed by atoms with E-state index in [9.17, 15) is 18.0 Å². The molecule has 0 aliphatic carbocycles. The summed E-state index contributed by atoms with van der Waals surface area (Å²) in [6.07, 6.45) is 0.146. The molecule has 0 aliphatic rings. The second-order valence-electron chi connectivity index (χ2n) is 6.03. The first-order valence-corrected chi connectivity index (χ1v) is 9.61. The number of Topliss-reactive ketones (excluding diaryl/α,β-unsaturated/α-hetero) is 1. The van der Waals surface area contributed by atoms with Crippen molar-refractivity contribution in [3.8, 4) is 0 Å². The van der Waals surface area contributed by atoms with E-state index in [-0.39, 0.29) is 16.2 Å². The molecule has 1 atom stereocenters. The highest BCUT2D eigenvalue weighted by Crippen LogP contribution is 2.16. The van der Waals surface area contributed by atoms with Gasteiger partial charge >= 0.3 is 5.97 Å². The highest BCUT2D eigenvalue weighted by atomic mass is 32.2. The van der Waals surface area contributed by atoms with E-state index in [2.05, 4.69) is 0 Å². The highest BCUT2D eigenvalue weighted by Gasteiger charge is 2.22. The van der Waals surface area contributed by atoms with Crippen molar-refractivity contribution in [2.24, 2.45) is 0 Å². The quantitative estimate of drug-likeness (QED) is 0.605. The second kappa shape index (κ2) is 7.19. The summed E-state index contributed by atoms with van der Waals surface area (Å²) in [5, 5.41) is 0. The van der Waals surface area contributed by atoms with Gasteiger partial charge in [-0.05, 0) is 56.7 Å². The lowest BCUT2D eigenvalue weighted by Gasteiger charge is -2.14. The van der Waals surface area contributed by atoms with Gasteiger partial charge in [-0.15, -0.1) is 0 Å². The van der Waals surface area contributed by atoms with Gasteiger partial charge in [-0.25, -0.2) is 13.2 Å². The number of sulfone groups is 1. The van der Waals surface area contributed by atoms with E-state index in [0.29, 0.717) is 5.56 Å². The molecule has 0 saturated carbocycles. The lowest BCUT2D eigenvalue weighted by atomic mass is 9.99. The zero-order chi connectivity index (χ0) is 18.8. The molecule has 0 bridgehead atoms. The predicted molar refractivity (Wildman–Crippen MR) is 94.7 cm³/mol. The Bertz CT molecular complexity index is 911. The fraction of sp³-hybridized carbons (Fsp3) is 0.263. The van der Waals surface area contributed by atoms with Gasteiger partial charge in [-0.1, -0.05) is 17.7 Å². The van der Waals surface area contributed by atoms with Crippen molar-refractivity contribution in [1.29, 1.82) is 0 Å². The van der Waals surface area contributed by atoms with E-state index in [1.54, 1.807) is 6.07 Å². The summed E-state index contributed by atoms with van der Waals surface area (Å²) in [4.78, 5) is 24.8. The first-order valence-electron chi connectivity index (χ1n) is 7.72. The SMILES string of the molecule is Cc1ccc(C)c(C(=O)[C@@H](C)OC(=O)c2ccc(S(C)(=O)=O)cc2)c1. The Morgan fingerprint density at radius 3 is 2.16 bits per heavy atom. The summed E-state index contributed by atoms with van der Waals surface area (Å²) in [5.41, 5.74) is 2.47. The maximum Gasteiger partial charge on any atom is 0.338 e. The molecule has 0 unspecified atom stereocenters. The van der Waals surface area contributed by atoms with E-state index >= 15 is 0 Å². The van der Waals surface area contributed by atoms with Crippen molar-refractivity contribution in [3.05, 3.63) is 64.7 Å². The Balaban J connectivity index is 2.14. The van der Waals surface area contributed by atoms with Gasteiger partial charge in [0.2, 0.25) is 5.78 Å². The number of aryl methyl sites for hydroxylation is 2. The molecule has 2 rings (SSSR count). The zero-order valence-electron chi connectivity index (χ0n) is 14.6. The summed E-state index contributed by atoms with van der Waals surface area (Å²) in [6.45, 7) is 5.23. The highest BCUT2D eigenvalue weighted by molar-refractivity contribution is 7.90. The molecule has 0 amide bonds. The molecule has 25 heavy (non-hydrogen) atoms. The minimum Gasteiger partial charge on any atom is -0.451 e. The molecule has 2 aromatic carbocycles. The van der Waals surface area contributed by atoms with Crippen LogP contribution in [-0.4, -0.2) is 32.5 Å². The van der Waals surface area contributed by atoms with Crippen molar-refractivity contribution in [3.63, 3.8) is 0 Å². The lowest BCUT2D eigenvalue weighted by Crippen LogP contribution is -2.25. The second-order valence-corrected chi connectivity index (χ2v) is 8.04. The van der Waals surface area contributed by atoms with Gasteiger partial charge < -0.3 is 4.74 Å². The van der Waals surface area contributed by atoms with Crippen LogP contribution in [0.3, 0.4) is 0 Å². The largest absolute Gasteiger partial charge is 0.451 e. The van der Waals surface area contributed by atoms with Gasteiger partial charge in [0, 0.05) is 11.8 Å². The van der Waals surface area contributed by atoms with E-state index < -0.39 is 21.9 Å². The molecule has 0 fully saturated rings. The van der Waals surface area contributed by atoms with Crippen LogP contribution < -0.4 is 0 Å². The van der Waals surface area contributed by atoms with E-state index in [1.165, 1.54) is 31.2 Å². The fourth-order valence-corrected chi connectivity index (χ4v) is 2.97. The van der Waals surface area contributed by atoms with Crippen LogP contribution in [-0.2, 0) is 14.6 Å². The molecule has 0 radical (unpaired) electrons. The van der Waals surface area contributed by atoms with Gasteiger partial charge in [-0.2, -0.15) is 0 Å². The molecular formula is C19H20O5S. The maximum atomic E-state index is 12.5. The van der Waals surface area contributed by atoms with E-state index in [4.69, 9.17) is 4.74 Å². The monoisotopic (exact) mass is 360 g/mol. The number of ketones is 1. The van der Waals surface area contributed by atoms with Crippen molar-refractivity contribution in [2.75, 3.05) is 6.26 Å². The van der Waals surface area contributed by atoms with Crippen LogP contribution in [0.5, 0.6) is 0 Å². The average Bonchev–Trinajstić information content (AvgIpc) is 2.55. The molecule has 2 aromatic rings. The predicted octanol–water partition coefficient (Wildman–Crippen LogP) is 3.14. The Hall–Kier alpha value is -2.47. The number of hydrogen-bond acceptors (Lipinski definition) is 5. The molecule has 132 valence electrons. The van der Waals surface area contributed by atoms with Crippen LogP contribution in [0.1, 0.15) is 38.8 Å². The van der Waals surface area contributed by atoms with Crippen LogP contribution in [0.15, 0.2) is 47.4 Å².